The van der Waals surface area contributed by atoms with Gasteiger partial charge >= 0.3 is 6.09 Å². The van der Waals surface area contributed by atoms with Gasteiger partial charge in [0.25, 0.3) is 5.91 Å². The maximum absolute atomic E-state index is 14.1. The van der Waals surface area contributed by atoms with Crippen LogP contribution in [0.1, 0.15) is 66.0 Å². The van der Waals surface area contributed by atoms with Crippen molar-refractivity contribution in [3.8, 4) is 17.2 Å². The minimum atomic E-state index is -0.994. The Kier molecular flexibility index (Phi) is 12.3. The standard InChI is InChI=1S/C35H51N3O9/c1-19-14-23-29(40)27-24(30(41)32(23)46-10)17-37(35(5,6)7)18-38(27)33(42)20(2)12-11-13-25(44-8)31(47-34(36)43)22(4)16-21(3)28(39)26(15-19)45-9/h11-14,16,21,25-26,28,31,39-41H,15,17-18H2,1-10H3,(H2,36,43)/t21-,25-,26-,28+,31-/m0/s1. The highest BCUT2D eigenvalue weighted by atomic mass is 16.6. The molecule has 260 valence electrons. The van der Waals surface area contributed by atoms with Crippen LogP contribution in [-0.4, -0.2) is 90.2 Å². The van der Waals surface area contributed by atoms with Gasteiger partial charge in [0.2, 0.25) is 0 Å². The number of phenols is 2. The van der Waals surface area contributed by atoms with Crippen LogP contribution in [0.25, 0.3) is 6.08 Å². The van der Waals surface area contributed by atoms with Crippen LogP contribution in [0, 0.1) is 5.92 Å². The number of anilines is 1. The molecule has 12 nitrogen and oxygen atoms in total. The number of hydrogen-bond acceptors (Lipinski definition) is 10. The lowest BCUT2D eigenvalue weighted by atomic mass is 9.91. The number of carbonyl (C=O) groups excluding carboxylic acids is 2. The Hall–Kier alpha value is -3.84. The molecule has 0 saturated carbocycles. The molecule has 2 bridgehead atoms. The van der Waals surface area contributed by atoms with Crippen LogP contribution in [0.3, 0.4) is 0 Å². The first-order chi connectivity index (χ1) is 22.0. The molecule has 0 radical (unpaired) electrons. The molecule has 0 aromatic heterocycles. The Morgan fingerprint density at radius 1 is 1.06 bits per heavy atom. The summed E-state index contributed by atoms with van der Waals surface area (Å²) in [5, 5.41) is 34.7. The van der Waals surface area contributed by atoms with Gasteiger partial charge in [0.15, 0.2) is 23.4 Å². The first kappa shape index (κ1) is 37.6. The van der Waals surface area contributed by atoms with Gasteiger partial charge in [-0.3, -0.25) is 14.6 Å². The van der Waals surface area contributed by atoms with Crippen molar-refractivity contribution >= 4 is 23.8 Å². The van der Waals surface area contributed by atoms with E-state index in [4.69, 9.17) is 24.7 Å². The molecule has 2 heterocycles. The lowest BCUT2D eigenvalue weighted by Gasteiger charge is -2.44. The van der Waals surface area contributed by atoms with Crippen LogP contribution < -0.4 is 15.4 Å². The summed E-state index contributed by atoms with van der Waals surface area (Å²) >= 11 is 0. The average molecular weight is 658 g/mol. The number of methoxy groups -OCH3 is 3. The largest absolute Gasteiger partial charge is 0.505 e. The number of carbonyl (C=O) groups is 2. The number of primary amides is 1. The second-order valence-corrected chi connectivity index (χ2v) is 13.2. The van der Waals surface area contributed by atoms with Gasteiger partial charge in [-0.05, 0) is 59.6 Å². The molecule has 0 spiro atoms. The smallest absolute Gasteiger partial charge is 0.405 e. The molecule has 2 aliphatic heterocycles. The number of aromatic hydroxyl groups is 2. The van der Waals surface area contributed by atoms with Crippen LogP contribution in [0.5, 0.6) is 17.2 Å². The number of hydrogen-bond donors (Lipinski definition) is 4. The van der Waals surface area contributed by atoms with Gasteiger partial charge in [0.1, 0.15) is 6.10 Å². The Morgan fingerprint density at radius 2 is 1.72 bits per heavy atom. The molecule has 0 unspecified atom stereocenters. The summed E-state index contributed by atoms with van der Waals surface area (Å²) in [6.45, 7) is 13.4. The van der Waals surface area contributed by atoms with Crippen molar-refractivity contribution in [1.29, 1.82) is 0 Å². The maximum atomic E-state index is 14.1. The summed E-state index contributed by atoms with van der Waals surface area (Å²) < 4.78 is 22.4. The lowest BCUT2D eigenvalue weighted by molar-refractivity contribution is -0.116. The van der Waals surface area contributed by atoms with Crippen molar-refractivity contribution in [2.24, 2.45) is 11.7 Å². The van der Waals surface area contributed by atoms with Crippen molar-refractivity contribution in [2.75, 3.05) is 32.9 Å². The number of allylic oxidation sites excluding steroid dienone is 2. The third kappa shape index (κ3) is 8.36. The van der Waals surface area contributed by atoms with E-state index in [1.165, 1.54) is 26.2 Å². The van der Waals surface area contributed by atoms with E-state index in [9.17, 15) is 24.9 Å². The van der Waals surface area contributed by atoms with Crippen molar-refractivity contribution in [1.82, 2.24) is 4.90 Å². The maximum Gasteiger partial charge on any atom is 0.405 e. The zero-order valence-electron chi connectivity index (χ0n) is 29.2. The van der Waals surface area contributed by atoms with Gasteiger partial charge in [-0.2, -0.15) is 0 Å². The normalized spacial score (nSPS) is 25.2. The minimum Gasteiger partial charge on any atom is -0.505 e. The molecule has 2 aliphatic rings. The molecular weight excluding hydrogens is 606 g/mol. The number of ether oxygens (including phenoxy) is 4. The summed E-state index contributed by atoms with van der Waals surface area (Å²) in [5.41, 5.74) is 7.38. The number of phenolic OH excluding ortho intramolecular Hbond substituents is 2. The van der Waals surface area contributed by atoms with E-state index in [1.54, 1.807) is 44.2 Å². The van der Waals surface area contributed by atoms with Crippen molar-refractivity contribution < 1.29 is 43.9 Å². The summed E-state index contributed by atoms with van der Waals surface area (Å²) in [7, 11) is 4.35. The highest BCUT2D eigenvalue weighted by Crippen LogP contribution is 2.51. The second kappa shape index (κ2) is 15.4. The third-order valence-corrected chi connectivity index (χ3v) is 8.75. The predicted octanol–water partition coefficient (Wildman–Crippen LogP) is 4.76. The number of amides is 2. The molecule has 1 aromatic rings. The van der Waals surface area contributed by atoms with Gasteiger partial charge in [-0.25, -0.2) is 4.79 Å². The molecule has 0 saturated heterocycles. The fraction of sp³-hybridized carbons (Fsp3) is 0.543. The summed E-state index contributed by atoms with van der Waals surface area (Å²) in [6.07, 6.45) is 4.19. The molecule has 47 heavy (non-hydrogen) atoms. The Bertz CT molecular complexity index is 1460. The molecular formula is C35H51N3O9. The molecule has 1 aromatic carbocycles. The Labute approximate surface area is 277 Å². The van der Waals surface area contributed by atoms with Crippen LogP contribution >= 0.6 is 0 Å². The topological polar surface area (TPSA) is 164 Å². The minimum absolute atomic E-state index is 0.0670. The van der Waals surface area contributed by atoms with Crippen molar-refractivity contribution in [3.63, 3.8) is 0 Å². The molecule has 3 rings (SSSR count). The molecule has 5 atom stereocenters. The first-order valence-corrected chi connectivity index (χ1v) is 15.6. The van der Waals surface area contributed by atoms with Crippen LogP contribution in [-0.2, 0) is 25.5 Å². The summed E-state index contributed by atoms with van der Waals surface area (Å²) in [4.78, 5) is 29.5. The van der Waals surface area contributed by atoms with Gasteiger partial charge in [0, 0.05) is 43.4 Å². The van der Waals surface area contributed by atoms with Gasteiger partial charge in [-0.15, -0.1) is 0 Å². The number of rotatable bonds is 4. The van der Waals surface area contributed by atoms with E-state index in [1.807, 2.05) is 39.5 Å². The first-order valence-electron chi connectivity index (χ1n) is 15.6. The monoisotopic (exact) mass is 657 g/mol. The molecule has 12 heteroatoms. The van der Waals surface area contributed by atoms with Crippen molar-refractivity contribution in [2.45, 2.75) is 91.4 Å². The summed E-state index contributed by atoms with van der Waals surface area (Å²) in [6, 6.07) is 0. The van der Waals surface area contributed by atoms with E-state index in [-0.39, 0.29) is 48.1 Å². The lowest BCUT2D eigenvalue weighted by Crippen LogP contribution is -2.52. The average Bonchev–Trinajstić information content (AvgIpc) is 3.01. The third-order valence-electron chi connectivity index (χ3n) is 8.75. The van der Waals surface area contributed by atoms with Gasteiger partial charge in [0.05, 0.1) is 37.2 Å². The Morgan fingerprint density at radius 3 is 2.28 bits per heavy atom. The molecule has 2 amide bonds. The number of aliphatic hydroxyl groups excluding tert-OH is 1. The number of aliphatic hydroxyl groups is 1. The molecule has 5 N–H and O–H groups in total. The van der Waals surface area contributed by atoms with Gasteiger partial charge in [-0.1, -0.05) is 36.8 Å². The van der Waals surface area contributed by atoms with E-state index >= 15 is 0 Å². The fourth-order valence-corrected chi connectivity index (χ4v) is 5.99. The fourth-order valence-electron chi connectivity index (χ4n) is 5.99. The number of fused-ring (bicyclic) bond motifs is 1. The zero-order valence-corrected chi connectivity index (χ0v) is 29.2. The second-order valence-electron chi connectivity index (χ2n) is 13.2. The van der Waals surface area contributed by atoms with E-state index in [2.05, 4.69) is 0 Å². The van der Waals surface area contributed by atoms with E-state index in [0.717, 1.165) is 0 Å². The molecule has 0 fully saturated rings. The summed E-state index contributed by atoms with van der Waals surface area (Å²) in [5.74, 6) is -1.19. The van der Waals surface area contributed by atoms with Crippen LogP contribution in [0.4, 0.5) is 10.5 Å². The Balaban J connectivity index is 2.33. The molecule has 0 aliphatic carbocycles. The van der Waals surface area contributed by atoms with E-state index in [0.29, 0.717) is 22.3 Å². The van der Waals surface area contributed by atoms with Crippen molar-refractivity contribution in [3.05, 3.63) is 52.2 Å². The SMILES string of the molecule is COc1c(O)c2c3c(O)c1C=C(C)C[C@H](OC)[C@H](O)[C@@H](C)C=C(C)[C@H](OC(N)=O)[C@@H](OC)C=CC=C(C)C(=O)N3CN(C(C)(C)C)C2. The number of nitrogens with two attached hydrogens (primary N) is 1. The quantitative estimate of drug-likeness (QED) is 0.262. The predicted molar refractivity (Wildman–Crippen MR) is 180 cm³/mol. The van der Waals surface area contributed by atoms with Crippen LogP contribution in [0.15, 0.2) is 41.0 Å². The van der Waals surface area contributed by atoms with E-state index < -0.39 is 47.9 Å². The highest BCUT2D eigenvalue weighted by molar-refractivity contribution is 6.08. The zero-order chi connectivity index (χ0) is 35.4. The van der Waals surface area contributed by atoms with Gasteiger partial charge < -0.3 is 40.0 Å². The highest BCUT2D eigenvalue weighted by Gasteiger charge is 2.39. The number of nitrogens with zero attached hydrogens (tertiary/aromatic N) is 2. The van der Waals surface area contributed by atoms with Crippen LogP contribution in [0.2, 0.25) is 0 Å². The number of benzene rings is 1.